The van der Waals surface area contributed by atoms with Crippen molar-refractivity contribution in [3.63, 3.8) is 0 Å². The summed E-state index contributed by atoms with van der Waals surface area (Å²) in [7, 11) is 1.67. The van der Waals surface area contributed by atoms with E-state index in [1.807, 2.05) is 13.0 Å². The number of hydrogen-bond donors (Lipinski definition) is 2. The molecule has 6 heteroatoms. The first-order valence-electron chi connectivity index (χ1n) is 7.61. The zero-order chi connectivity index (χ0) is 15.8. The Bertz CT molecular complexity index is 878. The average molecular weight is 437 g/mol. The average Bonchev–Trinajstić information content (AvgIpc) is 3.18. The summed E-state index contributed by atoms with van der Waals surface area (Å²) in [6.45, 7) is 3.67. The minimum Gasteiger partial charge on any atom is -0.493 e. The minimum atomic E-state index is 0.641. The third kappa shape index (κ3) is 2.57. The van der Waals surface area contributed by atoms with Gasteiger partial charge in [0.15, 0.2) is 0 Å². The third-order valence-electron chi connectivity index (χ3n) is 4.11. The van der Waals surface area contributed by atoms with E-state index in [9.17, 15) is 0 Å². The SMILES string of the molecule is CCOc1ccnc2[nH]c(SI)c(-c3ccc4c(c3)NCC4)c12. The molecule has 1 aliphatic rings. The van der Waals surface area contributed by atoms with Gasteiger partial charge in [-0.3, -0.25) is 0 Å². The summed E-state index contributed by atoms with van der Waals surface area (Å²) in [5.41, 5.74) is 5.87. The molecule has 3 heterocycles. The van der Waals surface area contributed by atoms with Crippen LogP contribution in [-0.2, 0) is 6.42 Å². The van der Waals surface area contributed by atoms with Crippen molar-refractivity contribution < 1.29 is 4.74 Å². The van der Waals surface area contributed by atoms with E-state index < -0.39 is 0 Å². The van der Waals surface area contributed by atoms with Gasteiger partial charge in [0.05, 0.1) is 17.0 Å². The maximum absolute atomic E-state index is 5.84. The van der Waals surface area contributed by atoms with E-state index in [4.69, 9.17) is 4.74 Å². The lowest BCUT2D eigenvalue weighted by molar-refractivity contribution is 0.344. The number of nitrogens with zero attached hydrogens (tertiary/aromatic N) is 1. The summed E-state index contributed by atoms with van der Waals surface area (Å²) in [6.07, 6.45) is 2.89. The van der Waals surface area contributed by atoms with Crippen LogP contribution in [0, 0.1) is 0 Å². The maximum Gasteiger partial charge on any atom is 0.142 e. The number of nitrogens with one attached hydrogen (secondary N) is 2. The van der Waals surface area contributed by atoms with Gasteiger partial charge in [0, 0.05) is 45.2 Å². The van der Waals surface area contributed by atoms with Gasteiger partial charge in [0.1, 0.15) is 11.4 Å². The van der Waals surface area contributed by atoms with Gasteiger partial charge in [-0.25, -0.2) is 4.98 Å². The lowest BCUT2D eigenvalue weighted by Gasteiger charge is -2.09. The molecule has 4 nitrogen and oxygen atoms in total. The molecule has 2 aromatic heterocycles. The van der Waals surface area contributed by atoms with Crippen molar-refractivity contribution in [3.8, 4) is 16.9 Å². The summed E-state index contributed by atoms with van der Waals surface area (Å²) < 4.78 is 5.84. The van der Waals surface area contributed by atoms with Crippen molar-refractivity contribution >= 4 is 46.9 Å². The van der Waals surface area contributed by atoms with Gasteiger partial charge >= 0.3 is 0 Å². The molecule has 0 bridgehead atoms. The van der Waals surface area contributed by atoms with Crippen LogP contribution in [0.25, 0.3) is 22.2 Å². The molecule has 0 fully saturated rings. The summed E-state index contributed by atoms with van der Waals surface area (Å²) >= 11 is 2.31. The van der Waals surface area contributed by atoms with Crippen LogP contribution in [-0.4, -0.2) is 23.1 Å². The molecule has 4 rings (SSSR count). The smallest absolute Gasteiger partial charge is 0.142 e. The summed E-state index contributed by atoms with van der Waals surface area (Å²) in [5, 5.41) is 5.63. The molecule has 23 heavy (non-hydrogen) atoms. The third-order valence-corrected chi connectivity index (χ3v) is 5.89. The Hall–Kier alpha value is -1.41. The number of anilines is 1. The molecule has 0 saturated carbocycles. The van der Waals surface area contributed by atoms with Gasteiger partial charge in [0.2, 0.25) is 0 Å². The standard InChI is InChI=1S/C17H16IN3OS/c1-2-22-13-6-8-20-16-15(13)14(17(21-16)23-18)11-4-3-10-5-7-19-12(10)9-11/h3-4,6,8-9,19H,2,5,7H2,1H3,(H,20,21). The summed E-state index contributed by atoms with van der Waals surface area (Å²) in [5.74, 6) is 0.883. The van der Waals surface area contributed by atoms with E-state index in [-0.39, 0.29) is 0 Å². The molecule has 0 spiro atoms. The van der Waals surface area contributed by atoms with Crippen molar-refractivity contribution in [3.05, 3.63) is 36.0 Å². The van der Waals surface area contributed by atoms with E-state index in [0.717, 1.165) is 34.8 Å². The fourth-order valence-corrected chi connectivity index (χ4v) is 4.54. The molecule has 0 radical (unpaired) electrons. The summed E-state index contributed by atoms with van der Waals surface area (Å²) in [6, 6.07) is 8.61. The van der Waals surface area contributed by atoms with Crippen LogP contribution in [0.4, 0.5) is 5.69 Å². The fraction of sp³-hybridized carbons (Fsp3) is 0.235. The van der Waals surface area contributed by atoms with Gasteiger partial charge in [-0.15, -0.1) is 0 Å². The number of pyridine rings is 1. The first kappa shape index (κ1) is 15.1. The zero-order valence-electron chi connectivity index (χ0n) is 12.6. The molecule has 0 saturated heterocycles. The van der Waals surface area contributed by atoms with E-state index in [1.165, 1.54) is 22.4 Å². The van der Waals surface area contributed by atoms with Crippen LogP contribution >= 0.6 is 30.1 Å². The monoisotopic (exact) mass is 437 g/mol. The number of aromatic amines is 1. The molecule has 0 unspecified atom stereocenters. The fourth-order valence-electron chi connectivity index (χ4n) is 3.12. The maximum atomic E-state index is 5.84. The Morgan fingerprint density at radius 2 is 2.26 bits per heavy atom. The van der Waals surface area contributed by atoms with Crippen LogP contribution in [0.1, 0.15) is 12.5 Å². The molecular formula is C17H16IN3OS. The Morgan fingerprint density at radius 1 is 1.35 bits per heavy atom. The molecule has 0 atom stereocenters. The number of H-pyrrole nitrogens is 1. The van der Waals surface area contributed by atoms with Crippen molar-refractivity contribution in [2.75, 3.05) is 18.5 Å². The molecule has 2 N–H and O–H groups in total. The van der Waals surface area contributed by atoms with E-state index in [2.05, 4.69) is 54.7 Å². The highest BCUT2D eigenvalue weighted by Crippen LogP contribution is 2.44. The van der Waals surface area contributed by atoms with Gasteiger partial charge in [-0.2, -0.15) is 0 Å². The van der Waals surface area contributed by atoms with Gasteiger partial charge < -0.3 is 15.0 Å². The number of hydrogen-bond acceptors (Lipinski definition) is 4. The first-order chi connectivity index (χ1) is 11.3. The number of ether oxygens (including phenoxy) is 1. The largest absolute Gasteiger partial charge is 0.493 e. The van der Waals surface area contributed by atoms with Gasteiger partial charge in [0.25, 0.3) is 0 Å². The minimum absolute atomic E-state index is 0.641. The predicted molar refractivity (Wildman–Crippen MR) is 105 cm³/mol. The van der Waals surface area contributed by atoms with Crippen molar-refractivity contribution in [2.24, 2.45) is 0 Å². The first-order valence-corrected chi connectivity index (χ1v) is 11.0. The Balaban J connectivity index is 1.97. The molecular weight excluding hydrogens is 421 g/mol. The van der Waals surface area contributed by atoms with Crippen molar-refractivity contribution in [1.82, 2.24) is 9.97 Å². The van der Waals surface area contributed by atoms with Crippen molar-refractivity contribution in [1.29, 1.82) is 0 Å². The number of halogens is 1. The number of rotatable bonds is 4. The molecule has 1 aliphatic heterocycles. The lowest BCUT2D eigenvalue weighted by atomic mass is 10.0. The van der Waals surface area contributed by atoms with E-state index in [0.29, 0.717) is 6.61 Å². The number of fused-ring (bicyclic) bond motifs is 2. The zero-order valence-corrected chi connectivity index (χ0v) is 15.6. The van der Waals surface area contributed by atoms with Gasteiger partial charge in [-0.1, -0.05) is 12.1 Å². The Kier molecular flexibility index (Phi) is 4.11. The molecule has 3 aromatic rings. The number of benzene rings is 1. The predicted octanol–water partition coefficient (Wildman–Crippen LogP) is 5.04. The second-order valence-electron chi connectivity index (χ2n) is 5.42. The van der Waals surface area contributed by atoms with Gasteiger partial charge in [-0.05, 0) is 45.5 Å². The molecule has 1 aromatic carbocycles. The highest BCUT2D eigenvalue weighted by atomic mass is 127. The van der Waals surface area contributed by atoms with Crippen LogP contribution in [0.15, 0.2) is 35.5 Å². The van der Waals surface area contributed by atoms with Crippen LogP contribution in [0.2, 0.25) is 0 Å². The molecule has 118 valence electrons. The van der Waals surface area contributed by atoms with Crippen molar-refractivity contribution in [2.45, 2.75) is 18.4 Å². The molecule has 0 amide bonds. The lowest BCUT2D eigenvalue weighted by Crippen LogP contribution is -1.93. The Morgan fingerprint density at radius 3 is 3.09 bits per heavy atom. The summed E-state index contributed by atoms with van der Waals surface area (Å²) in [4.78, 5) is 7.91. The highest BCUT2D eigenvalue weighted by molar-refractivity contribution is 14.2. The molecule has 0 aliphatic carbocycles. The topological polar surface area (TPSA) is 49.9 Å². The highest BCUT2D eigenvalue weighted by Gasteiger charge is 2.20. The van der Waals surface area contributed by atoms with Crippen LogP contribution < -0.4 is 10.1 Å². The number of aromatic nitrogens is 2. The van der Waals surface area contributed by atoms with E-state index >= 15 is 0 Å². The normalized spacial score (nSPS) is 13.1. The second-order valence-corrected chi connectivity index (χ2v) is 7.30. The second kappa shape index (κ2) is 6.24. The Labute approximate surface area is 151 Å². The van der Waals surface area contributed by atoms with E-state index in [1.54, 1.807) is 15.1 Å². The van der Waals surface area contributed by atoms with Crippen LogP contribution in [0.3, 0.4) is 0 Å². The quantitative estimate of drug-likeness (QED) is 0.562. The van der Waals surface area contributed by atoms with Crippen LogP contribution in [0.5, 0.6) is 5.75 Å².